The third-order valence-electron chi connectivity index (χ3n) is 3.03. The lowest BCUT2D eigenvalue weighted by atomic mass is 10.1. The minimum Gasteiger partial charge on any atom is -0.480 e. The topological polar surface area (TPSA) is 236 Å². The van der Waals surface area contributed by atoms with E-state index in [4.69, 9.17) is 43.4 Å². The zero-order valence-electron chi connectivity index (χ0n) is 17.8. The van der Waals surface area contributed by atoms with Gasteiger partial charge in [-0.25, -0.2) is 0 Å². The smallest absolute Gasteiger partial charge is 0.320 e. The minimum absolute atomic E-state index is 0.357. The van der Waals surface area contributed by atoms with Crippen molar-refractivity contribution in [2.24, 2.45) is 28.9 Å². The Labute approximate surface area is 177 Å². The Morgan fingerprint density at radius 2 is 1.21 bits per heavy atom. The highest BCUT2D eigenvalue weighted by Crippen LogP contribution is 2.01. The van der Waals surface area contributed by atoms with Crippen LogP contribution in [0.2, 0.25) is 0 Å². The fourth-order valence-corrected chi connectivity index (χ4v) is 1.93. The number of carboxylic acids is 3. The molecule has 11 nitrogen and oxygen atoms in total. The van der Waals surface area contributed by atoms with E-state index in [9.17, 15) is 14.4 Å². The largest absolute Gasteiger partial charge is 0.480 e. The van der Waals surface area contributed by atoms with Crippen LogP contribution in [0.1, 0.15) is 39.5 Å². The fraction of sp³-hybridized carbons (Fsp3) is 0.824. The summed E-state index contributed by atoms with van der Waals surface area (Å²) in [4.78, 5) is 30.2. The lowest BCUT2D eigenvalue weighted by Crippen LogP contribution is -2.31. The van der Waals surface area contributed by atoms with Crippen molar-refractivity contribution >= 4 is 29.7 Å². The number of aliphatic hydroxyl groups excluding tert-OH is 1. The van der Waals surface area contributed by atoms with E-state index in [2.05, 4.69) is 0 Å². The monoisotopic (exact) mass is 444 g/mol. The van der Waals surface area contributed by atoms with Crippen LogP contribution in [0.4, 0.5) is 0 Å². The molecule has 0 heterocycles. The van der Waals surface area contributed by atoms with Gasteiger partial charge in [0.25, 0.3) is 0 Å². The quantitative estimate of drug-likeness (QED) is 0.198. The molecule has 29 heavy (non-hydrogen) atoms. The van der Waals surface area contributed by atoms with Gasteiger partial charge in [-0.2, -0.15) is 11.8 Å². The number of aliphatic hydroxyl groups is 1. The van der Waals surface area contributed by atoms with E-state index in [-0.39, 0.29) is 0 Å². The van der Waals surface area contributed by atoms with Crippen molar-refractivity contribution in [2.45, 2.75) is 57.7 Å². The molecule has 0 aromatic rings. The normalized spacial score (nSPS) is 12.6. The van der Waals surface area contributed by atoms with Crippen LogP contribution < -0.4 is 22.9 Å². The van der Waals surface area contributed by atoms with Gasteiger partial charge < -0.3 is 43.4 Å². The first-order valence-electron chi connectivity index (χ1n) is 8.99. The average Bonchev–Trinajstić information content (AvgIpc) is 2.65. The zero-order chi connectivity index (χ0) is 24.0. The van der Waals surface area contributed by atoms with Gasteiger partial charge in [-0.05, 0) is 50.2 Å². The number of carboxylic acid groups (broad SMARTS) is 3. The molecule has 0 bridgehead atoms. The molecule has 0 rings (SSSR count). The van der Waals surface area contributed by atoms with E-state index in [1.807, 2.05) is 20.1 Å². The third-order valence-corrected chi connectivity index (χ3v) is 3.67. The number of aliphatic carboxylic acids is 3. The lowest BCUT2D eigenvalue weighted by molar-refractivity contribution is -0.139. The molecule has 0 amide bonds. The molecule has 0 aliphatic carbocycles. The van der Waals surface area contributed by atoms with Crippen molar-refractivity contribution < 1.29 is 34.8 Å². The maximum absolute atomic E-state index is 10.1. The Kier molecular flexibility index (Phi) is 29.7. The molecule has 0 aliphatic heterocycles. The van der Waals surface area contributed by atoms with Crippen molar-refractivity contribution in [1.29, 1.82) is 0 Å². The number of hydrogen-bond donors (Lipinski definition) is 8. The van der Waals surface area contributed by atoms with Gasteiger partial charge in [0.2, 0.25) is 0 Å². The third kappa shape index (κ3) is 31.5. The summed E-state index contributed by atoms with van der Waals surface area (Å²) in [6.45, 7) is 4.40. The van der Waals surface area contributed by atoms with Gasteiger partial charge in [-0.15, -0.1) is 0 Å². The van der Waals surface area contributed by atoms with Gasteiger partial charge >= 0.3 is 17.9 Å². The lowest BCUT2D eigenvalue weighted by Gasteiger charge is -2.07. The Balaban J connectivity index is -0.000000155. The zero-order valence-corrected chi connectivity index (χ0v) is 18.6. The Hall–Kier alpha value is -1.44. The summed E-state index contributed by atoms with van der Waals surface area (Å²) in [5, 5.41) is 31.8. The predicted molar refractivity (Wildman–Crippen MR) is 116 cm³/mol. The van der Waals surface area contributed by atoms with Crippen molar-refractivity contribution in [3.8, 4) is 0 Å². The summed E-state index contributed by atoms with van der Waals surface area (Å²) in [6.07, 6.45) is 4.17. The van der Waals surface area contributed by atoms with Crippen LogP contribution in [-0.2, 0) is 14.4 Å². The standard InChI is InChI=1S/C6H13NO2.C5H12N2O2.C5H11NO2S.CH4O/c1-4(2)3-5(7)6(8)9;6-3-1-2-4(7)5(8)9;1-9-3-2-4(6)5(7)8;1-2/h4-5H,3,7H2,1-2H3,(H,8,9);4H,1-3,6-7H2,(H,8,9);4H,2-3,6H2,1H3,(H,7,8);2H,1H3/t5-;2*4-;/m000./s1. The number of carbonyl (C=O) groups is 3. The Morgan fingerprint density at radius 1 is 0.828 bits per heavy atom. The Bertz CT molecular complexity index is 391. The number of thioether (sulfide) groups is 1. The van der Waals surface area contributed by atoms with Gasteiger partial charge in [-0.1, -0.05) is 13.8 Å². The minimum atomic E-state index is -0.955. The molecule has 3 atom stereocenters. The summed E-state index contributed by atoms with van der Waals surface area (Å²) in [5.74, 6) is -1.61. The summed E-state index contributed by atoms with van der Waals surface area (Å²) in [5.41, 5.74) is 20.7. The van der Waals surface area contributed by atoms with Gasteiger partial charge in [0, 0.05) is 7.11 Å². The molecule has 0 fully saturated rings. The highest BCUT2D eigenvalue weighted by molar-refractivity contribution is 7.98. The van der Waals surface area contributed by atoms with Crippen molar-refractivity contribution in [1.82, 2.24) is 0 Å². The van der Waals surface area contributed by atoms with E-state index in [1.165, 1.54) is 0 Å². The molecule has 0 unspecified atom stereocenters. The first-order valence-corrected chi connectivity index (χ1v) is 10.4. The average molecular weight is 445 g/mol. The summed E-state index contributed by atoms with van der Waals surface area (Å²) >= 11 is 1.60. The van der Waals surface area contributed by atoms with E-state index >= 15 is 0 Å². The molecule has 12 N–H and O–H groups in total. The van der Waals surface area contributed by atoms with Crippen LogP contribution in [-0.4, -0.2) is 82.1 Å². The molecule has 176 valence electrons. The summed E-state index contributed by atoms with van der Waals surface area (Å²) < 4.78 is 0. The van der Waals surface area contributed by atoms with Crippen LogP contribution >= 0.6 is 11.8 Å². The first kappa shape index (κ1) is 35.0. The second-order valence-electron chi connectivity index (χ2n) is 6.18. The molecule has 0 aromatic heterocycles. The van der Waals surface area contributed by atoms with E-state index < -0.39 is 36.0 Å². The molecular formula is C17H40N4O7S. The van der Waals surface area contributed by atoms with Crippen LogP contribution in [0.5, 0.6) is 0 Å². The molecule has 0 aliphatic rings. The van der Waals surface area contributed by atoms with Crippen LogP contribution in [0.15, 0.2) is 0 Å². The highest BCUT2D eigenvalue weighted by atomic mass is 32.2. The van der Waals surface area contributed by atoms with Crippen LogP contribution in [0, 0.1) is 5.92 Å². The molecular weight excluding hydrogens is 404 g/mol. The Morgan fingerprint density at radius 3 is 1.45 bits per heavy atom. The van der Waals surface area contributed by atoms with Crippen molar-refractivity contribution in [3.63, 3.8) is 0 Å². The van der Waals surface area contributed by atoms with E-state index in [0.717, 1.165) is 12.9 Å². The van der Waals surface area contributed by atoms with Gasteiger partial charge in [0.05, 0.1) is 0 Å². The summed E-state index contributed by atoms with van der Waals surface area (Å²) in [6, 6.07) is -2.11. The van der Waals surface area contributed by atoms with Crippen molar-refractivity contribution in [2.75, 3.05) is 25.7 Å². The highest BCUT2D eigenvalue weighted by Gasteiger charge is 2.12. The second kappa shape index (κ2) is 24.6. The molecule has 0 radical (unpaired) electrons. The first-order chi connectivity index (χ1) is 13.4. The predicted octanol–water partition coefficient (Wildman–Crippen LogP) is -0.658. The second-order valence-corrected chi connectivity index (χ2v) is 7.16. The molecule has 0 spiro atoms. The maximum atomic E-state index is 10.1. The van der Waals surface area contributed by atoms with Crippen molar-refractivity contribution in [3.05, 3.63) is 0 Å². The number of rotatable bonds is 11. The molecule has 0 saturated heterocycles. The van der Waals surface area contributed by atoms with Crippen LogP contribution in [0.25, 0.3) is 0 Å². The maximum Gasteiger partial charge on any atom is 0.320 e. The molecule has 0 saturated carbocycles. The number of nitrogens with two attached hydrogens (primary N) is 4. The SMILES string of the molecule is CC(C)C[C@H](N)C(=O)O.CO.CSCC[C@H](N)C(=O)O.NCCC[C@H](N)C(=O)O. The number of hydrogen-bond acceptors (Lipinski definition) is 9. The molecule has 0 aromatic carbocycles. The van der Waals surface area contributed by atoms with Gasteiger partial charge in [0.15, 0.2) is 0 Å². The summed E-state index contributed by atoms with van der Waals surface area (Å²) in [7, 11) is 1.00. The fourth-order valence-electron chi connectivity index (χ4n) is 1.44. The van der Waals surface area contributed by atoms with E-state index in [0.29, 0.717) is 38.1 Å². The van der Waals surface area contributed by atoms with Gasteiger partial charge in [-0.3, -0.25) is 14.4 Å². The van der Waals surface area contributed by atoms with Crippen LogP contribution in [0.3, 0.4) is 0 Å². The van der Waals surface area contributed by atoms with E-state index in [1.54, 1.807) is 11.8 Å². The molecule has 12 heteroatoms. The van der Waals surface area contributed by atoms with Gasteiger partial charge in [0.1, 0.15) is 18.1 Å².